The quantitative estimate of drug-likeness (QED) is 0.841. The first-order valence-corrected chi connectivity index (χ1v) is 6.48. The zero-order chi connectivity index (χ0) is 11.7. The third kappa shape index (κ3) is 2.69. The lowest BCUT2D eigenvalue weighted by atomic mass is 9.98. The van der Waals surface area contributed by atoms with Gasteiger partial charge in [0.15, 0.2) is 0 Å². The molecule has 1 N–H and O–H groups in total. The third-order valence-corrected chi connectivity index (χ3v) is 3.88. The Hall–Kier alpha value is -0.610. The summed E-state index contributed by atoms with van der Waals surface area (Å²) in [5, 5.41) is 3.65. The fraction of sp³-hybridized carbons (Fsp3) is 0.571. The molecule has 0 amide bonds. The van der Waals surface area contributed by atoms with Crippen molar-refractivity contribution in [2.45, 2.75) is 32.1 Å². The average Bonchev–Trinajstić information content (AvgIpc) is 2.39. The van der Waals surface area contributed by atoms with Gasteiger partial charge in [-0.3, -0.25) is 10.2 Å². The van der Waals surface area contributed by atoms with Crippen LogP contribution in [0.2, 0.25) is 0 Å². The Morgan fingerprint density at radius 1 is 1.28 bits per heavy atom. The number of nitrogens with one attached hydrogen (secondary N) is 1. The van der Waals surface area contributed by atoms with Crippen LogP contribution in [0.15, 0.2) is 24.3 Å². The van der Waals surface area contributed by atoms with E-state index in [1.807, 2.05) is 0 Å². The van der Waals surface area contributed by atoms with Gasteiger partial charge in [0.1, 0.15) is 0 Å². The molecule has 0 aliphatic carbocycles. The summed E-state index contributed by atoms with van der Waals surface area (Å²) in [5.74, 6) is 0. The first-order valence-electron chi connectivity index (χ1n) is 6.48. The molecular formula is C14H21ClN2O. The van der Waals surface area contributed by atoms with Gasteiger partial charge in [0.25, 0.3) is 0 Å². The first kappa shape index (κ1) is 13.8. The van der Waals surface area contributed by atoms with E-state index in [1.54, 1.807) is 0 Å². The van der Waals surface area contributed by atoms with Gasteiger partial charge < -0.3 is 4.74 Å². The number of benzene rings is 1. The van der Waals surface area contributed by atoms with Gasteiger partial charge in [-0.1, -0.05) is 24.3 Å². The van der Waals surface area contributed by atoms with Crippen molar-refractivity contribution in [1.82, 2.24) is 10.2 Å². The number of ether oxygens (including phenoxy) is 1. The second kappa shape index (κ2) is 6.02. The van der Waals surface area contributed by atoms with Gasteiger partial charge in [-0.25, -0.2) is 0 Å². The largest absolute Gasteiger partial charge is 0.379 e. The van der Waals surface area contributed by atoms with E-state index in [9.17, 15) is 0 Å². The molecule has 2 heterocycles. The van der Waals surface area contributed by atoms with Crippen molar-refractivity contribution in [3.8, 4) is 0 Å². The molecule has 2 aliphatic heterocycles. The van der Waals surface area contributed by atoms with E-state index in [2.05, 4.69) is 41.4 Å². The van der Waals surface area contributed by atoms with Crippen LogP contribution < -0.4 is 5.32 Å². The van der Waals surface area contributed by atoms with Crippen molar-refractivity contribution in [1.29, 1.82) is 0 Å². The lowest BCUT2D eigenvalue weighted by Crippen LogP contribution is -2.56. The van der Waals surface area contributed by atoms with Crippen molar-refractivity contribution in [2.24, 2.45) is 0 Å². The second-order valence-electron chi connectivity index (χ2n) is 5.03. The van der Waals surface area contributed by atoms with Gasteiger partial charge in [-0.15, -0.1) is 12.4 Å². The first-order chi connectivity index (χ1) is 8.34. The molecule has 1 saturated heterocycles. The minimum atomic E-state index is 0. The second-order valence-corrected chi connectivity index (χ2v) is 5.03. The van der Waals surface area contributed by atoms with Crippen LogP contribution in [0.3, 0.4) is 0 Å². The molecule has 18 heavy (non-hydrogen) atoms. The zero-order valence-corrected chi connectivity index (χ0v) is 11.6. The summed E-state index contributed by atoms with van der Waals surface area (Å²) in [6.45, 7) is 6.01. The van der Waals surface area contributed by atoms with Crippen LogP contribution in [0.25, 0.3) is 0 Å². The van der Waals surface area contributed by atoms with Crippen LogP contribution in [0.1, 0.15) is 18.1 Å². The highest BCUT2D eigenvalue weighted by atomic mass is 35.5. The summed E-state index contributed by atoms with van der Waals surface area (Å²) in [7, 11) is 0. The van der Waals surface area contributed by atoms with Crippen molar-refractivity contribution in [3.63, 3.8) is 0 Å². The van der Waals surface area contributed by atoms with Crippen LogP contribution >= 0.6 is 12.4 Å². The van der Waals surface area contributed by atoms with Crippen molar-refractivity contribution in [3.05, 3.63) is 35.4 Å². The summed E-state index contributed by atoms with van der Waals surface area (Å²) in [6.07, 6.45) is 1.59. The van der Waals surface area contributed by atoms with Crippen molar-refractivity contribution in [2.75, 3.05) is 19.8 Å². The maximum atomic E-state index is 5.50. The monoisotopic (exact) mass is 268 g/mol. The highest BCUT2D eigenvalue weighted by molar-refractivity contribution is 5.85. The minimum absolute atomic E-state index is 0. The molecular weight excluding hydrogens is 248 g/mol. The molecule has 0 saturated carbocycles. The van der Waals surface area contributed by atoms with Crippen LogP contribution in [-0.2, 0) is 17.7 Å². The van der Waals surface area contributed by atoms with Gasteiger partial charge in [-0.2, -0.15) is 0 Å². The van der Waals surface area contributed by atoms with E-state index in [1.165, 1.54) is 11.1 Å². The molecule has 2 atom stereocenters. The summed E-state index contributed by atoms with van der Waals surface area (Å²) >= 11 is 0. The van der Waals surface area contributed by atoms with Gasteiger partial charge in [0.2, 0.25) is 0 Å². The Kier molecular flexibility index (Phi) is 4.62. The molecule has 3 nitrogen and oxygen atoms in total. The number of morpholine rings is 1. The van der Waals surface area contributed by atoms with Gasteiger partial charge in [-0.05, 0) is 18.1 Å². The number of rotatable bonds is 1. The van der Waals surface area contributed by atoms with Crippen molar-refractivity contribution < 1.29 is 4.74 Å². The maximum absolute atomic E-state index is 5.50. The SMILES string of the molecule is CC1COCCN1C1Cc2ccccc2CN1.Cl. The molecule has 0 aromatic heterocycles. The van der Waals surface area contributed by atoms with Gasteiger partial charge >= 0.3 is 0 Å². The molecule has 1 aromatic rings. The van der Waals surface area contributed by atoms with E-state index in [0.717, 1.165) is 32.7 Å². The molecule has 0 spiro atoms. The Labute approximate surface area is 115 Å². The highest BCUT2D eigenvalue weighted by Crippen LogP contribution is 2.20. The standard InChI is InChI=1S/C14H20N2O.ClH/c1-11-10-17-7-6-16(11)14-8-12-4-2-3-5-13(12)9-15-14;/h2-5,11,14-15H,6-10H2,1H3;1H. The minimum Gasteiger partial charge on any atom is -0.379 e. The highest BCUT2D eigenvalue weighted by Gasteiger charge is 2.28. The van der Waals surface area contributed by atoms with E-state index in [4.69, 9.17) is 4.74 Å². The molecule has 0 radical (unpaired) electrons. The lowest BCUT2D eigenvalue weighted by Gasteiger charge is -2.41. The average molecular weight is 269 g/mol. The fourth-order valence-corrected chi connectivity index (χ4v) is 2.87. The zero-order valence-electron chi connectivity index (χ0n) is 10.8. The Morgan fingerprint density at radius 3 is 2.83 bits per heavy atom. The van der Waals surface area contributed by atoms with Gasteiger partial charge in [0.05, 0.1) is 19.4 Å². The normalized spacial score (nSPS) is 28.3. The predicted octanol–water partition coefficient (Wildman–Crippen LogP) is 1.80. The van der Waals surface area contributed by atoms with Crippen LogP contribution in [0.5, 0.6) is 0 Å². The predicted molar refractivity (Wildman–Crippen MR) is 75.0 cm³/mol. The maximum Gasteiger partial charge on any atom is 0.0645 e. The van der Waals surface area contributed by atoms with Crippen LogP contribution in [0.4, 0.5) is 0 Å². The molecule has 2 unspecified atom stereocenters. The molecule has 100 valence electrons. The Morgan fingerprint density at radius 2 is 2.06 bits per heavy atom. The summed E-state index contributed by atoms with van der Waals surface area (Å²) in [6, 6.07) is 9.27. The fourth-order valence-electron chi connectivity index (χ4n) is 2.87. The molecule has 1 fully saturated rings. The Balaban J connectivity index is 0.00000120. The topological polar surface area (TPSA) is 24.5 Å². The number of nitrogens with zero attached hydrogens (tertiary/aromatic N) is 1. The molecule has 4 heteroatoms. The number of hydrogen-bond donors (Lipinski definition) is 1. The summed E-state index contributed by atoms with van der Waals surface area (Å²) in [5.41, 5.74) is 2.94. The van der Waals surface area contributed by atoms with E-state index < -0.39 is 0 Å². The van der Waals surface area contributed by atoms with Gasteiger partial charge in [0, 0.05) is 25.6 Å². The number of hydrogen-bond acceptors (Lipinski definition) is 3. The molecule has 3 rings (SSSR count). The number of halogens is 1. The van der Waals surface area contributed by atoms with E-state index in [0.29, 0.717) is 12.2 Å². The summed E-state index contributed by atoms with van der Waals surface area (Å²) < 4.78 is 5.50. The lowest BCUT2D eigenvalue weighted by molar-refractivity contribution is -0.0309. The molecule has 2 aliphatic rings. The smallest absolute Gasteiger partial charge is 0.0645 e. The van der Waals surface area contributed by atoms with Crippen LogP contribution in [0, 0.1) is 0 Å². The summed E-state index contributed by atoms with van der Waals surface area (Å²) in [4.78, 5) is 2.54. The number of fused-ring (bicyclic) bond motifs is 1. The molecule has 1 aromatic carbocycles. The Bertz CT molecular complexity index is 399. The van der Waals surface area contributed by atoms with E-state index >= 15 is 0 Å². The molecule has 0 bridgehead atoms. The van der Waals surface area contributed by atoms with Crippen LogP contribution in [-0.4, -0.2) is 36.9 Å². The van der Waals surface area contributed by atoms with Crippen molar-refractivity contribution >= 4 is 12.4 Å². The third-order valence-electron chi connectivity index (χ3n) is 3.88. The van der Waals surface area contributed by atoms with E-state index in [-0.39, 0.29) is 12.4 Å².